The summed E-state index contributed by atoms with van der Waals surface area (Å²) in [5, 5.41) is 4.49. The van der Waals surface area contributed by atoms with Crippen LogP contribution in [0.25, 0.3) is 5.69 Å². The smallest absolute Gasteiger partial charge is 0.0878 e. The van der Waals surface area contributed by atoms with Gasteiger partial charge in [-0.1, -0.05) is 15.9 Å². The van der Waals surface area contributed by atoms with Crippen molar-refractivity contribution in [2.24, 2.45) is 0 Å². The first-order valence-electron chi connectivity index (χ1n) is 5.09. The van der Waals surface area contributed by atoms with E-state index in [0.717, 1.165) is 27.2 Å². The molecule has 16 heavy (non-hydrogen) atoms. The molecule has 0 bridgehead atoms. The standard InChI is InChI=1S/C12H14BrN3/c1-7-8(2)15-16(9(7)3)12-5-4-10(13)6-11(12)14/h4-6H,14H2,1-3H3. The van der Waals surface area contributed by atoms with Gasteiger partial charge in [0.1, 0.15) is 0 Å². The van der Waals surface area contributed by atoms with Gasteiger partial charge in [-0.15, -0.1) is 0 Å². The van der Waals surface area contributed by atoms with Gasteiger partial charge in [-0.2, -0.15) is 5.10 Å². The molecule has 0 unspecified atom stereocenters. The zero-order valence-corrected chi connectivity index (χ0v) is 11.2. The van der Waals surface area contributed by atoms with Crippen molar-refractivity contribution in [1.29, 1.82) is 0 Å². The van der Waals surface area contributed by atoms with Crippen molar-refractivity contribution >= 4 is 21.6 Å². The summed E-state index contributed by atoms with van der Waals surface area (Å²) in [5.41, 5.74) is 11.0. The van der Waals surface area contributed by atoms with E-state index >= 15 is 0 Å². The number of benzene rings is 1. The minimum atomic E-state index is 0.722. The molecule has 1 heterocycles. The lowest BCUT2D eigenvalue weighted by Gasteiger charge is -2.08. The molecular formula is C12H14BrN3. The Labute approximate surface area is 103 Å². The highest BCUT2D eigenvalue weighted by molar-refractivity contribution is 9.10. The van der Waals surface area contributed by atoms with Crippen LogP contribution in [-0.4, -0.2) is 9.78 Å². The Morgan fingerprint density at radius 1 is 1.25 bits per heavy atom. The van der Waals surface area contributed by atoms with Gasteiger partial charge in [0.05, 0.1) is 17.1 Å². The van der Waals surface area contributed by atoms with E-state index in [-0.39, 0.29) is 0 Å². The number of nitrogens with zero attached hydrogens (tertiary/aromatic N) is 2. The zero-order valence-electron chi connectivity index (χ0n) is 9.58. The van der Waals surface area contributed by atoms with Gasteiger partial charge in [0.25, 0.3) is 0 Å². The molecule has 84 valence electrons. The largest absolute Gasteiger partial charge is 0.397 e. The highest BCUT2D eigenvalue weighted by Crippen LogP contribution is 2.24. The van der Waals surface area contributed by atoms with Crippen LogP contribution >= 0.6 is 15.9 Å². The van der Waals surface area contributed by atoms with Crippen LogP contribution in [-0.2, 0) is 0 Å². The van der Waals surface area contributed by atoms with Gasteiger partial charge >= 0.3 is 0 Å². The van der Waals surface area contributed by atoms with E-state index in [9.17, 15) is 0 Å². The number of nitrogen functional groups attached to an aromatic ring is 1. The van der Waals surface area contributed by atoms with Crippen molar-refractivity contribution < 1.29 is 0 Å². The van der Waals surface area contributed by atoms with Crippen molar-refractivity contribution in [1.82, 2.24) is 9.78 Å². The van der Waals surface area contributed by atoms with Gasteiger partial charge in [0, 0.05) is 10.2 Å². The van der Waals surface area contributed by atoms with Crippen LogP contribution in [0.1, 0.15) is 17.0 Å². The predicted octanol–water partition coefficient (Wildman–Crippen LogP) is 3.14. The molecule has 0 saturated carbocycles. The number of nitrogens with two attached hydrogens (primary N) is 1. The first kappa shape index (κ1) is 11.2. The van der Waals surface area contributed by atoms with Crippen molar-refractivity contribution in [2.45, 2.75) is 20.8 Å². The summed E-state index contributed by atoms with van der Waals surface area (Å²) in [5.74, 6) is 0. The fraction of sp³-hybridized carbons (Fsp3) is 0.250. The lowest BCUT2D eigenvalue weighted by molar-refractivity contribution is 0.835. The lowest BCUT2D eigenvalue weighted by atomic mass is 10.2. The zero-order chi connectivity index (χ0) is 11.9. The molecule has 0 amide bonds. The second-order valence-electron chi connectivity index (χ2n) is 3.91. The number of aromatic nitrogens is 2. The van der Waals surface area contributed by atoms with Gasteiger partial charge < -0.3 is 5.73 Å². The average molecular weight is 280 g/mol. The van der Waals surface area contributed by atoms with E-state index < -0.39 is 0 Å². The first-order chi connectivity index (χ1) is 7.50. The molecule has 0 aliphatic rings. The lowest BCUT2D eigenvalue weighted by Crippen LogP contribution is -2.03. The summed E-state index contributed by atoms with van der Waals surface area (Å²) in [7, 11) is 0. The van der Waals surface area contributed by atoms with E-state index in [2.05, 4.69) is 34.9 Å². The Hall–Kier alpha value is -1.29. The minimum Gasteiger partial charge on any atom is -0.397 e. The average Bonchev–Trinajstić information content (AvgIpc) is 2.46. The van der Waals surface area contributed by atoms with Crippen molar-refractivity contribution in [3.63, 3.8) is 0 Å². The molecule has 0 atom stereocenters. The summed E-state index contributed by atoms with van der Waals surface area (Å²) in [6.45, 7) is 6.13. The third-order valence-electron chi connectivity index (χ3n) is 2.87. The number of anilines is 1. The van der Waals surface area contributed by atoms with Crippen LogP contribution in [0.3, 0.4) is 0 Å². The van der Waals surface area contributed by atoms with Gasteiger partial charge in [0.2, 0.25) is 0 Å². The highest BCUT2D eigenvalue weighted by Gasteiger charge is 2.10. The quantitative estimate of drug-likeness (QED) is 0.815. The molecule has 4 heteroatoms. The SMILES string of the molecule is Cc1nn(-c2ccc(Br)cc2N)c(C)c1C. The Balaban J connectivity index is 2.63. The minimum absolute atomic E-state index is 0.722. The van der Waals surface area contributed by atoms with E-state index in [1.165, 1.54) is 5.56 Å². The molecule has 0 saturated heterocycles. The first-order valence-corrected chi connectivity index (χ1v) is 5.88. The van der Waals surface area contributed by atoms with E-state index in [0.29, 0.717) is 0 Å². The van der Waals surface area contributed by atoms with Gasteiger partial charge in [-0.25, -0.2) is 4.68 Å². The second kappa shape index (κ2) is 3.94. The number of halogens is 1. The van der Waals surface area contributed by atoms with Crippen LogP contribution in [0.4, 0.5) is 5.69 Å². The van der Waals surface area contributed by atoms with Crippen molar-refractivity contribution in [2.75, 3.05) is 5.73 Å². The van der Waals surface area contributed by atoms with Crippen LogP contribution in [0, 0.1) is 20.8 Å². The summed E-state index contributed by atoms with van der Waals surface area (Å²) in [6.07, 6.45) is 0. The molecule has 0 aliphatic carbocycles. The Bertz CT molecular complexity index is 543. The highest BCUT2D eigenvalue weighted by atomic mass is 79.9. The van der Waals surface area contributed by atoms with E-state index in [4.69, 9.17) is 5.73 Å². The molecule has 1 aromatic heterocycles. The van der Waals surface area contributed by atoms with Gasteiger partial charge in [0.15, 0.2) is 0 Å². The van der Waals surface area contributed by atoms with Crippen molar-refractivity contribution in [3.8, 4) is 5.69 Å². The molecule has 0 fully saturated rings. The van der Waals surface area contributed by atoms with Gasteiger partial charge in [-0.3, -0.25) is 0 Å². The fourth-order valence-corrected chi connectivity index (χ4v) is 2.05. The van der Waals surface area contributed by atoms with Crippen LogP contribution in [0.5, 0.6) is 0 Å². The normalized spacial score (nSPS) is 10.8. The topological polar surface area (TPSA) is 43.8 Å². The molecule has 3 nitrogen and oxygen atoms in total. The monoisotopic (exact) mass is 279 g/mol. The molecule has 1 aromatic carbocycles. The van der Waals surface area contributed by atoms with E-state index in [1.54, 1.807) is 0 Å². The Morgan fingerprint density at radius 3 is 2.44 bits per heavy atom. The maximum Gasteiger partial charge on any atom is 0.0878 e. The summed E-state index contributed by atoms with van der Waals surface area (Å²) in [4.78, 5) is 0. The Kier molecular flexibility index (Phi) is 2.76. The van der Waals surface area contributed by atoms with E-state index in [1.807, 2.05) is 29.8 Å². The second-order valence-corrected chi connectivity index (χ2v) is 4.83. The molecule has 0 spiro atoms. The molecule has 0 radical (unpaired) electrons. The van der Waals surface area contributed by atoms with Gasteiger partial charge in [-0.05, 0) is 44.5 Å². The third-order valence-corrected chi connectivity index (χ3v) is 3.36. The predicted molar refractivity (Wildman–Crippen MR) is 69.9 cm³/mol. The molecule has 2 aromatic rings. The molecule has 2 N–H and O–H groups in total. The number of aryl methyl sites for hydroxylation is 1. The number of hydrogen-bond acceptors (Lipinski definition) is 2. The number of rotatable bonds is 1. The summed E-state index contributed by atoms with van der Waals surface area (Å²) >= 11 is 3.40. The van der Waals surface area contributed by atoms with Crippen LogP contribution in [0.15, 0.2) is 22.7 Å². The van der Waals surface area contributed by atoms with Crippen LogP contribution in [0.2, 0.25) is 0 Å². The third kappa shape index (κ3) is 1.73. The fourth-order valence-electron chi connectivity index (χ4n) is 1.67. The maximum atomic E-state index is 5.99. The molecule has 0 aliphatic heterocycles. The summed E-state index contributed by atoms with van der Waals surface area (Å²) in [6, 6.07) is 5.83. The maximum absolute atomic E-state index is 5.99. The summed E-state index contributed by atoms with van der Waals surface area (Å²) < 4.78 is 2.87. The van der Waals surface area contributed by atoms with Crippen molar-refractivity contribution in [3.05, 3.63) is 39.6 Å². The number of hydrogen-bond donors (Lipinski definition) is 1. The van der Waals surface area contributed by atoms with Crippen LogP contribution < -0.4 is 5.73 Å². The molecular weight excluding hydrogens is 266 g/mol. The Morgan fingerprint density at radius 2 is 1.94 bits per heavy atom. The molecule has 2 rings (SSSR count).